The highest BCUT2D eigenvalue weighted by atomic mass is 127. The van der Waals surface area contributed by atoms with Crippen molar-refractivity contribution in [1.82, 2.24) is 9.97 Å². The van der Waals surface area contributed by atoms with Gasteiger partial charge in [0.2, 0.25) is 0 Å². The van der Waals surface area contributed by atoms with Gasteiger partial charge in [-0.1, -0.05) is 0 Å². The summed E-state index contributed by atoms with van der Waals surface area (Å²) in [5, 5.41) is 8.63. The topological polar surface area (TPSA) is 52.5 Å². The second kappa shape index (κ2) is 2.75. The summed E-state index contributed by atoms with van der Waals surface area (Å²) in [6.07, 6.45) is 1.82. The second-order valence-corrected chi connectivity index (χ2v) is 3.50. The quantitative estimate of drug-likeness (QED) is 0.744. The molecule has 0 aliphatic heterocycles. The molecule has 1 N–H and O–H groups in total. The molecule has 0 fully saturated rings. The van der Waals surface area contributed by atoms with Crippen LogP contribution in [0, 0.1) is 14.9 Å². The van der Waals surface area contributed by atoms with E-state index in [4.69, 9.17) is 5.26 Å². The summed E-state index contributed by atoms with van der Waals surface area (Å²) < 4.78 is 1.03. The third-order valence-electron chi connectivity index (χ3n) is 1.58. The molecule has 0 atom stereocenters. The van der Waals surface area contributed by atoms with Gasteiger partial charge in [0.1, 0.15) is 11.8 Å². The van der Waals surface area contributed by atoms with Crippen LogP contribution in [0.5, 0.6) is 0 Å². The lowest BCUT2D eigenvalue weighted by Gasteiger charge is -1.93. The fourth-order valence-corrected chi connectivity index (χ4v) is 1.78. The first kappa shape index (κ1) is 7.55. The number of nitriles is 1. The largest absolute Gasteiger partial charge is 0.359 e. The zero-order chi connectivity index (χ0) is 8.55. The Hall–Kier alpha value is -1.09. The van der Waals surface area contributed by atoms with Crippen molar-refractivity contribution in [3.8, 4) is 6.07 Å². The van der Waals surface area contributed by atoms with Gasteiger partial charge in [-0.05, 0) is 34.7 Å². The molecule has 0 aliphatic carbocycles. The average molecular weight is 269 g/mol. The first-order valence-corrected chi connectivity index (χ1v) is 4.43. The Morgan fingerprint density at radius 2 is 2.42 bits per heavy atom. The molecule has 4 heteroatoms. The average Bonchev–Trinajstić information content (AvgIpc) is 2.52. The zero-order valence-electron chi connectivity index (χ0n) is 6.00. The lowest BCUT2D eigenvalue weighted by Crippen LogP contribution is -1.85. The molecule has 2 aromatic heterocycles. The van der Waals surface area contributed by atoms with Gasteiger partial charge >= 0.3 is 0 Å². The number of aromatic nitrogens is 2. The van der Waals surface area contributed by atoms with E-state index < -0.39 is 0 Å². The minimum atomic E-state index is 0.464. The van der Waals surface area contributed by atoms with Crippen molar-refractivity contribution in [2.24, 2.45) is 0 Å². The molecule has 0 saturated heterocycles. The van der Waals surface area contributed by atoms with Crippen LogP contribution in [-0.2, 0) is 0 Å². The fraction of sp³-hybridized carbons (Fsp3) is 0. The van der Waals surface area contributed by atoms with Crippen LogP contribution in [0.25, 0.3) is 11.0 Å². The number of nitrogens with zero attached hydrogens (tertiary/aromatic N) is 2. The van der Waals surface area contributed by atoms with Gasteiger partial charge < -0.3 is 4.98 Å². The summed E-state index contributed by atoms with van der Waals surface area (Å²) in [5.74, 6) is 0. The fourth-order valence-electron chi connectivity index (χ4n) is 1.06. The van der Waals surface area contributed by atoms with Crippen LogP contribution in [0.2, 0.25) is 0 Å². The van der Waals surface area contributed by atoms with Gasteiger partial charge in [0, 0.05) is 9.77 Å². The molecular formula is C8H4IN3. The molecule has 0 saturated carbocycles. The summed E-state index contributed by atoms with van der Waals surface area (Å²) in [5.41, 5.74) is 2.31. The first-order chi connectivity index (χ1) is 5.81. The Balaban J connectivity index is 2.86. The van der Waals surface area contributed by atoms with Gasteiger partial charge in [-0.3, -0.25) is 0 Å². The van der Waals surface area contributed by atoms with E-state index in [1.165, 1.54) is 0 Å². The molecule has 0 spiro atoms. The molecule has 3 nitrogen and oxygen atoms in total. The van der Waals surface area contributed by atoms with E-state index in [0.29, 0.717) is 5.69 Å². The number of rotatable bonds is 0. The van der Waals surface area contributed by atoms with Crippen molar-refractivity contribution in [1.29, 1.82) is 5.26 Å². The van der Waals surface area contributed by atoms with Crippen molar-refractivity contribution in [3.05, 3.63) is 27.6 Å². The van der Waals surface area contributed by atoms with E-state index in [0.717, 1.165) is 14.6 Å². The minimum absolute atomic E-state index is 0.464. The van der Waals surface area contributed by atoms with Crippen molar-refractivity contribution in [2.75, 3.05) is 0 Å². The van der Waals surface area contributed by atoms with Crippen molar-refractivity contribution >= 4 is 33.6 Å². The standard InChI is InChI=1S/C8H4IN3/c9-6-3-5(4-10)12-7-1-2-11-8(6)7/h1-3,11H. The zero-order valence-corrected chi connectivity index (χ0v) is 8.16. The van der Waals surface area contributed by atoms with Gasteiger partial charge in [0.05, 0.1) is 11.0 Å². The maximum absolute atomic E-state index is 8.63. The van der Waals surface area contributed by atoms with Crippen LogP contribution in [0.1, 0.15) is 5.69 Å². The Bertz CT molecular complexity index is 467. The number of nitrogens with one attached hydrogen (secondary N) is 1. The number of aromatic amines is 1. The summed E-state index contributed by atoms with van der Waals surface area (Å²) in [4.78, 5) is 7.18. The van der Waals surface area contributed by atoms with Crippen LogP contribution in [0.3, 0.4) is 0 Å². The number of pyridine rings is 1. The van der Waals surface area contributed by atoms with Crippen LogP contribution >= 0.6 is 22.6 Å². The lowest BCUT2D eigenvalue weighted by atomic mass is 10.3. The summed E-state index contributed by atoms with van der Waals surface area (Å²) in [7, 11) is 0. The maximum atomic E-state index is 8.63. The summed E-state index contributed by atoms with van der Waals surface area (Å²) in [6, 6.07) is 5.64. The SMILES string of the molecule is N#Cc1cc(I)c2[nH]ccc2n1. The molecule has 0 aliphatic rings. The van der Waals surface area contributed by atoms with Crippen molar-refractivity contribution in [3.63, 3.8) is 0 Å². The van der Waals surface area contributed by atoms with E-state index in [-0.39, 0.29) is 0 Å². The van der Waals surface area contributed by atoms with E-state index in [2.05, 4.69) is 32.6 Å². The number of hydrogen-bond donors (Lipinski definition) is 1. The second-order valence-electron chi connectivity index (χ2n) is 2.34. The van der Waals surface area contributed by atoms with Gasteiger partial charge in [0.15, 0.2) is 0 Å². The molecule has 2 rings (SSSR count). The van der Waals surface area contributed by atoms with Gasteiger partial charge in [0.25, 0.3) is 0 Å². The molecule has 58 valence electrons. The van der Waals surface area contributed by atoms with Crippen LogP contribution < -0.4 is 0 Å². The molecule has 0 amide bonds. The first-order valence-electron chi connectivity index (χ1n) is 3.35. The van der Waals surface area contributed by atoms with E-state index >= 15 is 0 Å². The number of halogens is 1. The maximum Gasteiger partial charge on any atom is 0.142 e. The van der Waals surface area contributed by atoms with Gasteiger partial charge in [-0.15, -0.1) is 0 Å². The Kier molecular flexibility index (Phi) is 1.73. The third kappa shape index (κ3) is 1.06. The lowest BCUT2D eigenvalue weighted by molar-refractivity contribution is 1.31. The molecule has 12 heavy (non-hydrogen) atoms. The monoisotopic (exact) mass is 269 g/mol. The van der Waals surface area contributed by atoms with Crippen LogP contribution in [0.4, 0.5) is 0 Å². The molecule has 0 bridgehead atoms. The molecule has 2 aromatic rings. The number of H-pyrrole nitrogens is 1. The predicted molar refractivity (Wildman–Crippen MR) is 53.5 cm³/mol. The minimum Gasteiger partial charge on any atom is -0.359 e. The molecule has 0 unspecified atom stereocenters. The highest BCUT2D eigenvalue weighted by Gasteiger charge is 2.02. The highest BCUT2D eigenvalue weighted by Crippen LogP contribution is 2.17. The molecule has 2 heterocycles. The Morgan fingerprint density at radius 1 is 1.58 bits per heavy atom. The normalized spacial score (nSPS) is 10.0. The third-order valence-corrected chi connectivity index (χ3v) is 2.43. The molecule has 0 aromatic carbocycles. The van der Waals surface area contributed by atoms with Gasteiger partial charge in [-0.2, -0.15) is 5.26 Å². The van der Waals surface area contributed by atoms with Crippen molar-refractivity contribution < 1.29 is 0 Å². The molecular weight excluding hydrogens is 265 g/mol. The predicted octanol–water partition coefficient (Wildman–Crippen LogP) is 2.04. The van der Waals surface area contributed by atoms with Crippen molar-refractivity contribution in [2.45, 2.75) is 0 Å². The van der Waals surface area contributed by atoms with Gasteiger partial charge in [-0.25, -0.2) is 4.98 Å². The molecule has 0 radical (unpaired) electrons. The smallest absolute Gasteiger partial charge is 0.142 e. The summed E-state index contributed by atoms with van der Waals surface area (Å²) >= 11 is 2.18. The van der Waals surface area contributed by atoms with Crippen LogP contribution in [-0.4, -0.2) is 9.97 Å². The Labute approximate surface area is 82.6 Å². The highest BCUT2D eigenvalue weighted by molar-refractivity contribution is 14.1. The number of fused-ring (bicyclic) bond motifs is 1. The van der Waals surface area contributed by atoms with E-state index in [1.807, 2.05) is 18.3 Å². The number of hydrogen-bond acceptors (Lipinski definition) is 2. The Morgan fingerprint density at radius 3 is 3.17 bits per heavy atom. The van der Waals surface area contributed by atoms with Crippen LogP contribution in [0.15, 0.2) is 18.3 Å². The summed E-state index contributed by atoms with van der Waals surface area (Å²) in [6.45, 7) is 0. The van der Waals surface area contributed by atoms with E-state index in [1.54, 1.807) is 6.07 Å². The van der Waals surface area contributed by atoms with E-state index in [9.17, 15) is 0 Å².